The van der Waals surface area contributed by atoms with Crippen LogP contribution in [0.2, 0.25) is 0 Å². The Bertz CT molecular complexity index is 808. The predicted octanol–water partition coefficient (Wildman–Crippen LogP) is 3.31. The number of rotatable bonds is 6. The molecule has 0 spiro atoms. The van der Waals surface area contributed by atoms with Gasteiger partial charge in [0.15, 0.2) is 0 Å². The van der Waals surface area contributed by atoms with Gasteiger partial charge in [0.25, 0.3) is 0 Å². The highest BCUT2D eigenvalue weighted by atomic mass is 16.5. The first-order valence-corrected chi connectivity index (χ1v) is 8.63. The van der Waals surface area contributed by atoms with Crippen LogP contribution in [0.25, 0.3) is 5.69 Å². The van der Waals surface area contributed by atoms with Crippen molar-refractivity contribution in [2.45, 2.75) is 31.3 Å². The van der Waals surface area contributed by atoms with Gasteiger partial charge >= 0.3 is 0 Å². The van der Waals surface area contributed by atoms with Crippen LogP contribution in [0.1, 0.15) is 29.9 Å². The van der Waals surface area contributed by atoms with Crippen molar-refractivity contribution in [1.82, 2.24) is 20.1 Å². The molecule has 1 N–H and O–H groups in total. The molecule has 1 fully saturated rings. The van der Waals surface area contributed by atoms with Crippen LogP contribution < -0.4 is 10.1 Å². The number of aromatic nitrogens is 3. The molecule has 0 atom stereocenters. The van der Waals surface area contributed by atoms with Crippen molar-refractivity contribution in [2.75, 3.05) is 7.11 Å². The summed E-state index contributed by atoms with van der Waals surface area (Å²) in [6, 6.07) is 17.5. The van der Waals surface area contributed by atoms with E-state index in [1.807, 2.05) is 6.07 Å². The first-order chi connectivity index (χ1) is 12.3. The Balaban J connectivity index is 1.27. The summed E-state index contributed by atoms with van der Waals surface area (Å²) >= 11 is 0. The summed E-state index contributed by atoms with van der Waals surface area (Å²) in [4.78, 5) is 3.97. The molecule has 1 aliphatic carbocycles. The third-order valence-electron chi connectivity index (χ3n) is 4.92. The van der Waals surface area contributed by atoms with Gasteiger partial charge < -0.3 is 10.1 Å². The zero-order valence-electron chi connectivity index (χ0n) is 14.3. The Morgan fingerprint density at radius 1 is 1.16 bits per heavy atom. The summed E-state index contributed by atoms with van der Waals surface area (Å²) in [6.07, 6.45) is 5.62. The van der Waals surface area contributed by atoms with E-state index in [9.17, 15) is 0 Å². The maximum Gasteiger partial charge on any atom is 0.138 e. The lowest BCUT2D eigenvalue weighted by Gasteiger charge is -2.36. The molecule has 1 saturated carbocycles. The van der Waals surface area contributed by atoms with Crippen LogP contribution in [0.4, 0.5) is 0 Å². The third kappa shape index (κ3) is 3.56. The summed E-state index contributed by atoms with van der Waals surface area (Å²) in [5.41, 5.74) is 3.70. The molecule has 0 radical (unpaired) electrons. The van der Waals surface area contributed by atoms with Crippen molar-refractivity contribution in [3.8, 4) is 11.4 Å². The van der Waals surface area contributed by atoms with Crippen LogP contribution in [0.5, 0.6) is 5.75 Å². The zero-order valence-corrected chi connectivity index (χ0v) is 14.3. The van der Waals surface area contributed by atoms with Crippen molar-refractivity contribution >= 4 is 0 Å². The van der Waals surface area contributed by atoms with Crippen LogP contribution in [0, 0.1) is 0 Å². The minimum absolute atomic E-state index is 0.589. The average molecular weight is 334 g/mol. The van der Waals surface area contributed by atoms with Gasteiger partial charge in [-0.3, -0.25) is 0 Å². The topological polar surface area (TPSA) is 52.0 Å². The van der Waals surface area contributed by atoms with Gasteiger partial charge in [-0.15, -0.1) is 0 Å². The lowest BCUT2D eigenvalue weighted by atomic mass is 9.76. The molecule has 25 heavy (non-hydrogen) atoms. The van der Waals surface area contributed by atoms with Crippen LogP contribution in [0.3, 0.4) is 0 Å². The number of ether oxygens (including phenoxy) is 1. The molecular formula is C20H22N4O. The van der Waals surface area contributed by atoms with Crippen molar-refractivity contribution < 1.29 is 4.74 Å². The van der Waals surface area contributed by atoms with Crippen molar-refractivity contribution in [1.29, 1.82) is 0 Å². The molecule has 3 aromatic rings. The second-order valence-corrected chi connectivity index (χ2v) is 6.53. The van der Waals surface area contributed by atoms with E-state index in [1.165, 1.54) is 24.0 Å². The van der Waals surface area contributed by atoms with E-state index in [4.69, 9.17) is 4.74 Å². The number of methoxy groups -OCH3 is 1. The van der Waals surface area contributed by atoms with E-state index in [2.05, 4.69) is 57.9 Å². The summed E-state index contributed by atoms with van der Waals surface area (Å²) in [5, 5.41) is 7.80. The number of benzene rings is 2. The van der Waals surface area contributed by atoms with Crippen LogP contribution >= 0.6 is 0 Å². The lowest BCUT2D eigenvalue weighted by Crippen LogP contribution is -2.39. The molecule has 4 rings (SSSR count). The Hall–Kier alpha value is -2.66. The van der Waals surface area contributed by atoms with E-state index >= 15 is 0 Å². The molecule has 2 aromatic carbocycles. The molecule has 1 heterocycles. The van der Waals surface area contributed by atoms with Gasteiger partial charge in [0, 0.05) is 12.6 Å². The third-order valence-corrected chi connectivity index (χ3v) is 4.92. The molecule has 0 unspecified atom stereocenters. The smallest absolute Gasteiger partial charge is 0.138 e. The molecule has 1 aromatic heterocycles. The van der Waals surface area contributed by atoms with E-state index in [0.717, 1.165) is 18.0 Å². The molecule has 0 aliphatic heterocycles. The molecule has 5 heteroatoms. The molecule has 0 saturated heterocycles. The fourth-order valence-corrected chi connectivity index (χ4v) is 3.32. The number of hydrogen-bond donors (Lipinski definition) is 1. The predicted molar refractivity (Wildman–Crippen MR) is 97.0 cm³/mol. The summed E-state index contributed by atoms with van der Waals surface area (Å²) in [6.45, 7) is 0.896. The van der Waals surface area contributed by atoms with Crippen molar-refractivity contribution in [2.24, 2.45) is 0 Å². The summed E-state index contributed by atoms with van der Waals surface area (Å²) in [7, 11) is 1.72. The normalized spacial score (nSPS) is 19.4. The van der Waals surface area contributed by atoms with Gasteiger partial charge in [-0.25, -0.2) is 9.67 Å². The average Bonchev–Trinajstić information content (AvgIpc) is 3.16. The van der Waals surface area contributed by atoms with Gasteiger partial charge in [0.05, 0.1) is 12.8 Å². The van der Waals surface area contributed by atoms with E-state index in [-0.39, 0.29) is 0 Å². The van der Waals surface area contributed by atoms with Gasteiger partial charge in [-0.1, -0.05) is 24.3 Å². The molecule has 5 nitrogen and oxygen atoms in total. The highest BCUT2D eigenvalue weighted by Crippen LogP contribution is 2.38. The SMILES string of the molecule is COc1cccc(C2CC(NCc3ccc(-n4cncn4)cc3)C2)c1. The fourth-order valence-electron chi connectivity index (χ4n) is 3.32. The van der Waals surface area contributed by atoms with Gasteiger partial charge in [0.2, 0.25) is 0 Å². The van der Waals surface area contributed by atoms with Crippen LogP contribution in [-0.2, 0) is 6.54 Å². The Morgan fingerprint density at radius 2 is 2.00 bits per heavy atom. The van der Waals surface area contributed by atoms with Crippen LogP contribution in [0.15, 0.2) is 61.2 Å². The Kier molecular flexibility index (Phi) is 4.48. The Morgan fingerprint density at radius 3 is 2.72 bits per heavy atom. The van der Waals surface area contributed by atoms with Crippen molar-refractivity contribution in [3.63, 3.8) is 0 Å². The highest BCUT2D eigenvalue weighted by molar-refractivity contribution is 5.34. The summed E-state index contributed by atoms with van der Waals surface area (Å²) in [5.74, 6) is 1.59. The second-order valence-electron chi connectivity index (χ2n) is 6.53. The monoisotopic (exact) mass is 334 g/mol. The van der Waals surface area contributed by atoms with Gasteiger partial charge in [0.1, 0.15) is 18.4 Å². The summed E-state index contributed by atoms with van der Waals surface area (Å²) < 4.78 is 7.08. The number of nitrogens with one attached hydrogen (secondary N) is 1. The quantitative estimate of drug-likeness (QED) is 0.751. The van der Waals surface area contributed by atoms with Gasteiger partial charge in [-0.05, 0) is 54.2 Å². The van der Waals surface area contributed by atoms with E-state index in [1.54, 1.807) is 24.4 Å². The first kappa shape index (κ1) is 15.8. The lowest BCUT2D eigenvalue weighted by molar-refractivity contribution is 0.289. The van der Waals surface area contributed by atoms with E-state index < -0.39 is 0 Å². The standard InChI is InChI=1S/C20H22N4O/c1-25-20-4-2-3-16(11-20)17-9-18(10-17)22-12-15-5-7-19(8-6-15)24-14-21-13-23-24/h2-8,11,13-14,17-18,22H,9-10,12H2,1H3. The maximum absolute atomic E-state index is 5.32. The zero-order chi connectivity index (χ0) is 17.1. The second kappa shape index (κ2) is 7.07. The maximum atomic E-state index is 5.32. The highest BCUT2D eigenvalue weighted by Gasteiger charge is 2.29. The fraction of sp³-hybridized carbons (Fsp3) is 0.300. The van der Waals surface area contributed by atoms with Crippen molar-refractivity contribution in [3.05, 3.63) is 72.3 Å². The molecule has 128 valence electrons. The molecule has 1 aliphatic rings. The van der Waals surface area contributed by atoms with Crippen LogP contribution in [-0.4, -0.2) is 27.9 Å². The molecule has 0 amide bonds. The number of nitrogens with zero attached hydrogens (tertiary/aromatic N) is 3. The molecule has 0 bridgehead atoms. The van der Waals surface area contributed by atoms with E-state index in [0.29, 0.717) is 12.0 Å². The first-order valence-electron chi connectivity index (χ1n) is 8.63. The minimum Gasteiger partial charge on any atom is -0.497 e. The number of hydrogen-bond acceptors (Lipinski definition) is 4. The minimum atomic E-state index is 0.589. The van der Waals surface area contributed by atoms with Gasteiger partial charge in [-0.2, -0.15) is 5.10 Å². The Labute approximate surface area is 147 Å². The largest absolute Gasteiger partial charge is 0.497 e. The molecular weight excluding hydrogens is 312 g/mol.